The number of benzene rings is 1. The maximum atomic E-state index is 10.6. The van der Waals surface area contributed by atoms with Crippen LogP contribution in [0.2, 0.25) is 0 Å². The van der Waals surface area contributed by atoms with Gasteiger partial charge in [0.15, 0.2) is 8.46 Å². The molecule has 0 fully saturated rings. The summed E-state index contributed by atoms with van der Waals surface area (Å²) in [5.74, 6) is 0. The third-order valence-electron chi connectivity index (χ3n) is 3.83. The average molecular weight is 310 g/mol. The van der Waals surface area contributed by atoms with Crippen molar-refractivity contribution in [3.8, 4) is 0 Å². The first kappa shape index (κ1) is 18.3. The number of ether oxygens (including phenoxy) is 2. The molecule has 1 rings (SSSR count). The molecular weight excluding hydrogens is 283 g/mol. The van der Waals surface area contributed by atoms with E-state index in [1.165, 1.54) is 5.56 Å². The maximum absolute atomic E-state index is 10.6. The van der Waals surface area contributed by atoms with Crippen LogP contribution in [0.1, 0.15) is 37.7 Å². The van der Waals surface area contributed by atoms with Gasteiger partial charge in [0, 0.05) is 14.2 Å². The third kappa shape index (κ3) is 8.31. The first-order valence-corrected chi connectivity index (χ1v) is 8.68. The zero-order valence-corrected chi connectivity index (χ0v) is 14.1. The number of hydrogen-bond donors (Lipinski definition) is 0. The Morgan fingerprint density at radius 3 is 2.19 bits per heavy atom. The SMILES string of the molecule is COC(CCCc1ccccc1)CCCC(CP=O)OC. The van der Waals surface area contributed by atoms with Gasteiger partial charge in [-0.3, -0.25) is 4.57 Å². The zero-order valence-electron chi connectivity index (χ0n) is 13.2. The summed E-state index contributed by atoms with van der Waals surface area (Å²) >= 11 is 0. The molecule has 0 radical (unpaired) electrons. The lowest BCUT2D eigenvalue weighted by Gasteiger charge is -2.17. The highest BCUT2D eigenvalue weighted by Crippen LogP contribution is 2.16. The molecular formula is C17H27O3P. The van der Waals surface area contributed by atoms with Gasteiger partial charge in [0.25, 0.3) is 0 Å². The monoisotopic (exact) mass is 310 g/mol. The molecule has 0 aliphatic carbocycles. The van der Waals surface area contributed by atoms with Crippen molar-refractivity contribution < 1.29 is 14.0 Å². The Bertz CT molecular complexity index is 370. The van der Waals surface area contributed by atoms with Crippen LogP contribution < -0.4 is 0 Å². The van der Waals surface area contributed by atoms with Crippen LogP contribution in [-0.4, -0.2) is 32.6 Å². The van der Waals surface area contributed by atoms with E-state index in [0.717, 1.165) is 38.5 Å². The van der Waals surface area contributed by atoms with Crippen LogP contribution in [0.15, 0.2) is 30.3 Å². The van der Waals surface area contributed by atoms with Crippen molar-refractivity contribution in [3.63, 3.8) is 0 Å². The van der Waals surface area contributed by atoms with E-state index in [9.17, 15) is 4.57 Å². The maximum Gasteiger partial charge on any atom is 0.157 e. The lowest BCUT2D eigenvalue weighted by molar-refractivity contribution is 0.0726. The zero-order chi connectivity index (χ0) is 15.3. The van der Waals surface area contributed by atoms with E-state index in [2.05, 4.69) is 30.3 Å². The molecule has 118 valence electrons. The molecule has 2 atom stereocenters. The molecule has 0 N–H and O–H groups in total. The summed E-state index contributed by atoms with van der Waals surface area (Å²) in [6.45, 7) is 0. The van der Waals surface area contributed by atoms with Crippen molar-refractivity contribution in [3.05, 3.63) is 35.9 Å². The number of methoxy groups -OCH3 is 2. The molecule has 2 unspecified atom stereocenters. The van der Waals surface area contributed by atoms with Crippen LogP contribution >= 0.6 is 8.46 Å². The fourth-order valence-electron chi connectivity index (χ4n) is 2.50. The first-order chi connectivity index (χ1) is 10.3. The van der Waals surface area contributed by atoms with Gasteiger partial charge in [-0.1, -0.05) is 30.3 Å². The summed E-state index contributed by atoms with van der Waals surface area (Å²) in [5, 5.41) is 0. The number of rotatable bonds is 12. The Kier molecular flexibility index (Phi) is 10.3. The summed E-state index contributed by atoms with van der Waals surface area (Å²) in [6, 6.07) is 10.6. The fraction of sp³-hybridized carbons (Fsp3) is 0.647. The van der Waals surface area contributed by atoms with Gasteiger partial charge >= 0.3 is 0 Å². The second-order valence-corrected chi connectivity index (χ2v) is 5.96. The summed E-state index contributed by atoms with van der Waals surface area (Å²) in [5.41, 5.74) is 1.39. The number of hydrogen-bond acceptors (Lipinski definition) is 3. The van der Waals surface area contributed by atoms with Crippen molar-refractivity contribution in [1.82, 2.24) is 0 Å². The van der Waals surface area contributed by atoms with Crippen molar-refractivity contribution in [2.24, 2.45) is 0 Å². The van der Waals surface area contributed by atoms with E-state index in [0.29, 0.717) is 12.3 Å². The topological polar surface area (TPSA) is 35.5 Å². The minimum absolute atomic E-state index is 0.103. The second kappa shape index (κ2) is 11.9. The largest absolute Gasteiger partial charge is 0.381 e. The predicted molar refractivity (Wildman–Crippen MR) is 87.3 cm³/mol. The van der Waals surface area contributed by atoms with Gasteiger partial charge in [-0.15, -0.1) is 0 Å². The van der Waals surface area contributed by atoms with E-state index in [-0.39, 0.29) is 14.6 Å². The summed E-state index contributed by atoms with van der Waals surface area (Å²) in [4.78, 5) is 0. The van der Waals surface area contributed by atoms with E-state index in [1.54, 1.807) is 14.2 Å². The van der Waals surface area contributed by atoms with Crippen LogP contribution in [0.3, 0.4) is 0 Å². The molecule has 0 spiro atoms. The molecule has 21 heavy (non-hydrogen) atoms. The van der Waals surface area contributed by atoms with Crippen molar-refractivity contribution in [2.75, 3.05) is 20.4 Å². The van der Waals surface area contributed by atoms with Gasteiger partial charge in [0.05, 0.1) is 18.4 Å². The van der Waals surface area contributed by atoms with Crippen molar-refractivity contribution in [1.29, 1.82) is 0 Å². The Balaban J connectivity index is 2.17. The van der Waals surface area contributed by atoms with E-state index in [1.807, 2.05) is 0 Å². The Labute approximate surface area is 130 Å². The lowest BCUT2D eigenvalue weighted by atomic mass is 10.0. The Hall–Kier alpha value is -0.760. The predicted octanol–water partition coefficient (Wildman–Crippen LogP) is 4.50. The summed E-state index contributed by atoms with van der Waals surface area (Å²) < 4.78 is 21.5. The molecule has 0 saturated carbocycles. The lowest BCUT2D eigenvalue weighted by Crippen LogP contribution is -2.15. The van der Waals surface area contributed by atoms with Crippen LogP contribution in [0.25, 0.3) is 0 Å². The normalized spacial score (nSPS) is 14.2. The molecule has 1 aromatic rings. The molecule has 0 heterocycles. The Morgan fingerprint density at radius 1 is 0.952 bits per heavy atom. The highest BCUT2D eigenvalue weighted by molar-refractivity contribution is 7.23. The van der Waals surface area contributed by atoms with Crippen molar-refractivity contribution >= 4 is 8.46 Å². The molecule has 0 aliphatic heterocycles. The van der Waals surface area contributed by atoms with Crippen LogP contribution in [0.5, 0.6) is 0 Å². The minimum atomic E-state index is 0.103. The molecule has 0 amide bonds. The second-order valence-electron chi connectivity index (χ2n) is 5.34. The first-order valence-electron chi connectivity index (χ1n) is 7.68. The van der Waals surface area contributed by atoms with Crippen molar-refractivity contribution in [2.45, 2.75) is 50.7 Å². The van der Waals surface area contributed by atoms with Gasteiger partial charge in [0.1, 0.15) is 0 Å². The molecule has 0 bridgehead atoms. The standard InChI is InChI=1S/C17H27O3P/c1-19-16(12-7-13-17(20-2)14-21-18)11-6-10-15-8-4-3-5-9-15/h3-5,8-9,16-17H,6-7,10-14H2,1-2H3. The molecule has 4 heteroatoms. The van der Waals surface area contributed by atoms with Crippen LogP contribution in [-0.2, 0) is 20.5 Å². The summed E-state index contributed by atoms with van der Waals surface area (Å²) in [6.07, 6.45) is 7.39. The smallest absolute Gasteiger partial charge is 0.157 e. The number of aryl methyl sites for hydroxylation is 1. The summed E-state index contributed by atoms with van der Waals surface area (Å²) in [7, 11) is 3.64. The molecule has 3 nitrogen and oxygen atoms in total. The van der Waals surface area contributed by atoms with Gasteiger partial charge < -0.3 is 9.47 Å². The van der Waals surface area contributed by atoms with Crippen LogP contribution in [0.4, 0.5) is 0 Å². The van der Waals surface area contributed by atoms with Gasteiger partial charge in [-0.05, 0) is 44.1 Å². The molecule has 1 aromatic carbocycles. The minimum Gasteiger partial charge on any atom is -0.381 e. The quantitative estimate of drug-likeness (QED) is 0.533. The van der Waals surface area contributed by atoms with Gasteiger partial charge in [-0.25, -0.2) is 0 Å². The van der Waals surface area contributed by atoms with Gasteiger partial charge in [0.2, 0.25) is 0 Å². The van der Waals surface area contributed by atoms with Crippen LogP contribution in [0, 0.1) is 0 Å². The Morgan fingerprint density at radius 2 is 1.57 bits per heavy atom. The molecule has 0 aromatic heterocycles. The fourth-order valence-corrected chi connectivity index (χ4v) is 3.00. The third-order valence-corrected chi connectivity index (χ3v) is 4.39. The highest BCUT2D eigenvalue weighted by Gasteiger charge is 2.11. The molecule has 0 saturated heterocycles. The molecule has 0 aliphatic rings. The van der Waals surface area contributed by atoms with E-state index < -0.39 is 0 Å². The van der Waals surface area contributed by atoms with E-state index >= 15 is 0 Å². The average Bonchev–Trinajstić information content (AvgIpc) is 2.53. The van der Waals surface area contributed by atoms with E-state index in [4.69, 9.17) is 9.47 Å². The van der Waals surface area contributed by atoms with Gasteiger partial charge in [-0.2, -0.15) is 0 Å². The highest BCUT2D eigenvalue weighted by atomic mass is 31.1.